The number of carbonyl (C=O) groups is 1. The van der Waals surface area contributed by atoms with Crippen LogP contribution in [0.3, 0.4) is 0 Å². The zero-order valence-corrected chi connectivity index (χ0v) is 11.7. The Balaban J connectivity index is 3.38. The van der Waals surface area contributed by atoms with Gasteiger partial charge in [-0.3, -0.25) is 0 Å². The van der Waals surface area contributed by atoms with Crippen LogP contribution in [0.4, 0.5) is 5.69 Å². The van der Waals surface area contributed by atoms with Gasteiger partial charge in [-0.1, -0.05) is 17.7 Å². The Hall–Kier alpha value is -1.48. The molecule has 1 N–H and O–H groups in total. The Morgan fingerprint density at radius 2 is 2.11 bits per heavy atom. The first-order valence-corrected chi connectivity index (χ1v) is 6.06. The second-order valence-corrected chi connectivity index (χ2v) is 5.47. The van der Waals surface area contributed by atoms with Crippen molar-refractivity contribution in [2.24, 2.45) is 0 Å². The number of carboxylic acid groups (broad SMARTS) is 1. The third-order valence-electron chi connectivity index (χ3n) is 2.60. The minimum Gasteiger partial charge on any atom is -0.478 e. The fraction of sp³-hybridized carbons (Fsp3) is 0.357. The van der Waals surface area contributed by atoms with E-state index in [-0.39, 0.29) is 11.1 Å². The van der Waals surface area contributed by atoms with Gasteiger partial charge in [-0.05, 0) is 39.0 Å². The van der Waals surface area contributed by atoms with Gasteiger partial charge < -0.3 is 10.0 Å². The average Bonchev–Trinajstić information content (AvgIpc) is 2.23. The van der Waals surface area contributed by atoms with Crippen molar-refractivity contribution in [1.29, 1.82) is 0 Å². The minimum absolute atomic E-state index is 0.219. The van der Waals surface area contributed by atoms with E-state index < -0.39 is 5.97 Å². The van der Waals surface area contributed by atoms with Gasteiger partial charge in [-0.2, -0.15) is 0 Å². The molecule has 0 aliphatic carbocycles. The standard InChI is InChI=1S/C14H18ClNO2/c1-5-8-16(14(2,3)4)12-9-10(15)6-7-11(12)13(17)18/h5-7,9H,1,8H2,2-4H3,(H,17,18). The molecule has 0 heterocycles. The zero-order valence-electron chi connectivity index (χ0n) is 10.9. The van der Waals surface area contributed by atoms with Crippen molar-refractivity contribution in [3.63, 3.8) is 0 Å². The Labute approximate surface area is 113 Å². The molecule has 4 heteroatoms. The predicted molar refractivity (Wildman–Crippen MR) is 75.7 cm³/mol. The molecule has 1 aromatic carbocycles. The lowest BCUT2D eigenvalue weighted by Crippen LogP contribution is -2.42. The molecule has 0 saturated carbocycles. The van der Waals surface area contributed by atoms with Crippen LogP contribution in [0.15, 0.2) is 30.9 Å². The highest BCUT2D eigenvalue weighted by Gasteiger charge is 2.25. The first-order chi connectivity index (χ1) is 8.27. The Bertz CT molecular complexity index is 463. The minimum atomic E-state index is -0.958. The van der Waals surface area contributed by atoms with Crippen molar-refractivity contribution in [2.75, 3.05) is 11.4 Å². The lowest BCUT2D eigenvalue weighted by molar-refractivity contribution is 0.0697. The highest BCUT2D eigenvalue weighted by Crippen LogP contribution is 2.30. The molecule has 0 aromatic heterocycles. The van der Waals surface area contributed by atoms with Crippen molar-refractivity contribution >= 4 is 23.3 Å². The van der Waals surface area contributed by atoms with Gasteiger partial charge in [0.15, 0.2) is 0 Å². The van der Waals surface area contributed by atoms with Gasteiger partial charge in [0.05, 0.1) is 11.3 Å². The van der Waals surface area contributed by atoms with Crippen molar-refractivity contribution in [3.8, 4) is 0 Å². The van der Waals surface area contributed by atoms with Crippen LogP contribution >= 0.6 is 11.6 Å². The molecule has 0 radical (unpaired) electrons. The number of aromatic carboxylic acids is 1. The highest BCUT2D eigenvalue weighted by atomic mass is 35.5. The van der Waals surface area contributed by atoms with E-state index in [9.17, 15) is 9.90 Å². The van der Waals surface area contributed by atoms with Crippen LogP contribution in [-0.2, 0) is 0 Å². The molecule has 0 fully saturated rings. The number of hydrogen-bond acceptors (Lipinski definition) is 2. The Morgan fingerprint density at radius 1 is 1.50 bits per heavy atom. The Morgan fingerprint density at radius 3 is 2.56 bits per heavy atom. The maximum Gasteiger partial charge on any atom is 0.337 e. The summed E-state index contributed by atoms with van der Waals surface area (Å²) in [7, 11) is 0. The molecular formula is C14H18ClNO2. The summed E-state index contributed by atoms with van der Waals surface area (Å²) in [5, 5.41) is 9.77. The van der Waals surface area contributed by atoms with E-state index >= 15 is 0 Å². The quantitative estimate of drug-likeness (QED) is 0.843. The molecule has 0 aliphatic heterocycles. The van der Waals surface area contributed by atoms with E-state index in [1.165, 1.54) is 6.07 Å². The fourth-order valence-corrected chi connectivity index (χ4v) is 1.94. The molecule has 3 nitrogen and oxygen atoms in total. The predicted octanol–water partition coefficient (Wildman–Crippen LogP) is 3.83. The van der Waals surface area contributed by atoms with Crippen LogP contribution in [0.2, 0.25) is 5.02 Å². The van der Waals surface area contributed by atoms with Crippen LogP contribution in [0.1, 0.15) is 31.1 Å². The smallest absolute Gasteiger partial charge is 0.337 e. The topological polar surface area (TPSA) is 40.5 Å². The monoisotopic (exact) mass is 267 g/mol. The maximum atomic E-state index is 11.3. The molecule has 0 unspecified atom stereocenters. The van der Waals surface area contributed by atoms with Gasteiger partial charge in [-0.15, -0.1) is 6.58 Å². The molecule has 18 heavy (non-hydrogen) atoms. The maximum absolute atomic E-state index is 11.3. The van der Waals surface area contributed by atoms with E-state index in [2.05, 4.69) is 6.58 Å². The summed E-state index contributed by atoms with van der Waals surface area (Å²) >= 11 is 5.97. The van der Waals surface area contributed by atoms with Gasteiger partial charge in [0, 0.05) is 17.1 Å². The molecule has 1 rings (SSSR count). The molecule has 0 bridgehead atoms. The van der Waals surface area contributed by atoms with Crippen LogP contribution in [0, 0.1) is 0 Å². The highest BCUT2D eigenvalue weighted by molar-refractivity contribution is 6.31. The molecular weight excluding hydrogens is 250 g/mol. The molecule has 1 aromatic rings. The first kappa shape index (κ1) is 14.6. The number of rotatable bonds is 4. The summed E-state index contributed by atoms with van der Waals surface area (Å²) in [5.41, 5.74) is 0.641. The van der Waals surface area contributed by atoms with Crippen LogP contribution in [-0.4, -0.2) is 23.2 Å². The third-order valence-corrected chi connectivity index (χ3v) is 2.84. The summed E-state index contributed by atoms with van der Waals surface area (Å²) in [6.45, 7) is 10.3. The van der Waals surface area contributed by atoms with Crippen LogP contribution < -0.4 is 4.90 Å². The van der Waals surface area contributed by atoms with Crippen molar-refractivity contribution in [1.82, 2.24) is 0 Å². The van der Waals surface area contributed by atoms with Crippen LogP contribution in [0.5, 0.6) is 0 Å². The fourth-order valence-electron chi connectivity index (χ4n) is 1.77. The third kappa shape index (κ3) is 3.26. The van der Waals surface area contributed by atoms with Gasteiger partial charge in [-0.25, -0.2) is 4.79 Å². The normalized spacial score (nSPS) is 11.1. The van der Waals surface area contributed by atoms with Crippen LogP contribution in [0.25, 0.3) is 0 Å². The molecule has 0 aliphatic rings. The van der Waals surface area contributed by atoms with Crippen molar-refractivity contribution < 1.29 is 9.90 Å². The molecule has 0 spiro atoms. The summed E-state index contributed by atoms with van der Waals surface area (Å²) in [6.07, 6.45) is 1.75. The van der Waals surface area contributed by atoms with Gasteiger partial charge in [0.1, 0.15) is 0 Å². The summed E-state index contributed by atoms with van der Waals surface area (Å²) < 4.78 is 0. The largest absolute Gasteiger partial charge is 0.478 e. The second kappa shape index (κ2) is 5.44. The van der Waals surface area contributed by atoms with Gasteiger partial charge in [0.2, 0.25) is 0 Å². The lowest BCUT2D eigenvalue weighted by atomic mass is 10.0. The number of carboxylic acids is 1. The number of anilines is 1. The summed E-state index contributed by atoms with van der Waals surface area (Å²) in [4.78, 5) is 13.2. The number of benzene rings is 1. The van der Waals surface area contributed by atoms with E-state index in [0.29, 0.717) is 17.3 Å². The van der Waals surface area contributed by atoms with E-state index in [1.807, 2.05) is 25.7 Å². The van der Waals surface area contributed by atoms with E-state index in [4.69, 9.17) is 11.6 Å². The first-order valence-electron chi connectivity index (χ1n) is 5.68. The molecule has 98 valence electrons. The Kier molecular flexibility index (Phi) is 4.41. The SMILES string of the molecule is C=CCN(c1cc(Cl)ccc1C(=O)O)C(C)(C)C. The lowest BCUT2D eigenvalue weighted by Gasteiger charge is -2.37. The van der Waals surface area contributed by atoms with E-state index in [0.717, 1.165) is 0 Å². The molecule has 0 saturated heterocycles. The van der Waals surface area contributed by atoms with E-state index in [1.54, 1.807) is 18.2 Å². The van der Waals surface area contributed by atoms with Crippen molar-refractivity contribution in [2.45, 2.75) is 26.3 Å². The number of nitrogens with zero attached hydrogens (tertiary/aromatic N) is 1. The molecule has 0 amide bonds. The number of hydrogen-bond donors (Lipinski definition) is 1. The molecule has 0 atom stereocenters. The average molecular weight is 268 g/mol. The van der Waals surface area contributed by atoms with Gasteiger partial charge >= 0.3 is 5.97 Å². The zero-order chi connectivity index (χ0) is 13.9. The second-order valence-electron chi connectivity index (χ2n) is 5.04. The van der Waals surface area contributed by atoms with Gasteiger partial charge in [0.25, 0.3) is 0 Å². The van der Waals surface area contributed by atoms with Crippen molar-refractivity contribution in [3.05, 3.63) is 41.4 Å². The summed E-state index contributed by atoms with van der Waals surface area (Å²) in [5.74, 6) is -0.958. The number of halogens is 1. The summed E-state index contributed by atoms with van der Waals surface area (Å²) in [6, 6.07) is 4.80.